The van der Waals surface area contributed by atoms with Crippen LogP contribution in [0.3, 0.4) is 0 Å². The minimum Gasteiger partial charge on any atom is -0.478 e. The smallest absolute Gasteiger partial charge is 0.329 e. The highest BCUT2D eigenvalue weighted by Crippen LogP contribution is 1.86. The van der Waals surface area contributed by atoms with Gasteiger partial charge >= 0.3 is 17.9 Å². The number of rotatable bonds is 6. The first-order chi connectivity index (χ1) is 11.1. The molecule has 0 heterocycles. The van der Waals surface area contributed by atoms with E-state index in [9.17, 15) is 14.4 Å². The van der Waals surface area contributed by atoms with Gasteiger partial charge in [0, 0.05) is 19.1 Å². The van der Waals surface area contributed by atoms with Crippen LogP contribution in [0.5, 0.6) is 0 Å². The molecule has 24 heavy (non-hydrogen) atoms. The fraction of sp³-hybridized carbons (Fsp3) is 0.562. The van der Waals surface area contributed by atoms with E-state index in [-0.39, 0.29) is 12.6 Å². The van der Waals surface area contributed by atoms with E-state index >= 15 is 0 Å². The predicted molar refractivity (Wildman–Crippen MR) is 90.4 cm³/mol. The van der Waals surface area contributed by atoms with E-state index in [1.54, 1.807) is 0 Å². The highest BCUT2D eigenvalue weighted by Gasteiger charge is 1.88. The molecule has 0 aromatic carbocycles. The third-order valence-corrected chi connectivity index (χ3v) is 1.61. The van der Waals surface area contributed by atoms with Crippen molar-refractivity contribution < 1.29 is 39.2 Å². The summed E-state index contributed by atoms with van der Waals surface area (Å²) in [5.41, 5.74) is 0. The quantitative estimate of drug-likeness (QED) is 0.371. The number of carbonyl (C=O) groups excluding carboxylic acids is 2. The maximum atomic E-state index is 10.1. The lowest BCUT2D eigenvalue weighted by Crippen LogP contribution is -2.03. The Labute approximate surface area is 143 Å². The number of unbranched alkanes of at least 4 members (excludes halogenated alkanes) is 1. The third-order valence-electron chi connectivity index (χ3n) is 1.61. The molecule has 0 saturated heterocycles. The fourth-order valence-electron chi connectivity index (χ4n) is 0.444. The number of ether oxygens (including phenoxy) is 2. The van der Waals surface area contributed by atoms with Gasteiger partial charge in [-0.15, -0.1) is 0 Å². The number of carbonyl (C=O) groups is 3. The van der Waals surface area contributed by atoms with Crippen molar-refractivity contribution in [3.05, 3.63) is 25.3 Å². The number of hydrogen-bond acceptors (Lipinski definition) is 7. The van der Waals surface area contributed by atoms with Crippen molar-refractivity contribution >= 4 is 17.9 Å². The van der Waals surface area contributed by atoms with Crippen LogP contribution in [0.15, 0.2) is 25.3 Å². The third kappa shape index (κ3) is 60.0. The summed E-state index contributed by atoms with van der Waals surface area (Å²) in [6.45, 7) is 11.6. The van der Waals surface area contributed by atoms with Crippen molar-refractivity contribution in [3.8, 4) is 0 Å². The van der Waals surface area contributed by atoms with Crippen LogP contribution in [0.2, 0.25) is 0 Å². The zero-order valence-corrected chi connectivity index (χ0v) is 14.9. The van der Waals surface area contributed by atoms with Crippen LogP contribution in [0.4, 0.5) is 0 Å². The minimum atomic E-state index is -0.981. The summed E-state index contributed by atoms with van der Waals surface area (Å²) < 4.78 is 8.79. The maximum absolute atomic E-state index is 10.1. The number of hydrogen-bond donors (Lipinski definition) is 3. The van der Waals surface area contributed by atoms with Gasteiger partial charge in [-0.3, -0.25) is 4.79 Å². The lowest BCUT2D eigenvalue weighted by Gasteiger charge is -1.96. The zero-order valence-electron chi connectivity index (χ0n) is 14.9. The van der Waals surface area contributed by atoms with Crippen LogP contribution >= 0.6 is 0 Å². The van der Waals surface area contributed by atoms with E-state index in [4.69, 9.17) is 15.3 Å². The summed E-state index contributed by atoms with van der Waals surface area (Å²) in [7, 11) is 1.31. The molecule has 8 heteroatoms. The molecule has 0 amide bonds. The van der Waals surface area contributed by atoms with Gasteiger partial charge in [-0.05, 0) is 13.3 Å². The van der Waals surface area contributed by atoms with Crippen molar-refractivity contribution in [2.24, 2.45) is 0 Å². The Morgan fingerprint density at radius 2 is 1.62 bits per heavy atom. The van der Waals surface area contributed by atoms with E-state index in [0.717, 1.165) is 25.0 Å². The second-order valence-corrected chi connectivity index (χ2v) is 3.99. The molecule has 0 aliphatic heterocycles. The molecule has 142 valence electrons. The average Bonchev–Trinajstić information content (AvgIpc) is 2.55. The average molecular weight is 350 g/mol. The molecule has 0 aliphatic rings. The van der Waals surface area contributed by atoms with Gasteiger partial charge in [-0.2, -0.15) is 0 Å². The Bertz CT molecular complexity index is 337. The van der Waals surface area contributed by atoms with E-state index in [1.807, 2.05) is 0 Å². The number of carboxylic acids is 1. The monoisotopic (exact) mass is 350 g/mol. The lowest BCUT2D eigenvalue weighted by atomic mass is 10.4. The van der Waals surface area contributed by atoms with Crippen LogP contribution in [0.25, 0.3) is 0 Å². The Morgan fingerprint density at radius 3 is 1.75 bits per heavy atom. The number of aliphatic hydroxyl groups excluding tert-OH is 2. The summed E-state index contributed by atoms with van der Waals surface area (Å²) >= 11 is 0. The summed E-state index contributed by atoms with van der Waals surface area (Å²) in [6, 6.07) is 0. The second kappa shape index (κ2) is 25.7. The normalized spacial score (nSPS) is 9.08. The van der Waals surface area contributed by atoms with Gasteiger partial charge < -0.3 is 24.8 Å². The Morgan fingerprint density at radius 1 is 1.21 bits per heavy atom. The molecule has 0 spiro atoms. The van der Waals surface area contributed by atoms with Crippen LogP contribution < -0.4 is 0 Å². The molecule has 0 aliphatic carbocycles. The molecular formula is C16H30O8. The number of aliphatic carboxylic acids is 1. The molecule has 1 atom stereocenters. The molecule has 0 bridgehead atoms. The number of carboxylic acid groups (broad SMARTS) is 1. The second-order valence-electron chi connectivity index (χ2n) is 3.99. The largest absolute Gasteiger partial charge is 0.478 e. The summed E-state index contributed by atoms with van der Waals surface area (Å²) in [5.74, 6) is -1.56. The predicted octanol–water partition coefficient (Wildman–Crippen LogP) is 1.31. The Hall–Kier alpha value is -2.19. The summed E-state index contributed by atoms with van der Waals surface area (Å²) in [4.78, 5) is 29.2. The standard InChI is InChI=1S/C6H12O2.C4H6O2.C3H8O2.C3H4O2/c1-3-4-5-8-6(2)7;1-3-4(5)6-2;1-3(5)2-4;1-2-3(4)5/h3-5H2,1-2H3;3H,1H2,2H3;3-5H,2H2,1H3;2H,1H2,(H,4,5). The van der Waals surface area contributed by atoms with Gasteiger partial charge in [0.25, 0.3) is 0 Å². The Kier molecular flexibility index (Phi) is 31.9. The van der Waals surface area contributed by atoms with E-state index in [2.05, 4.69) is 29.6 Å². The molecule has 0 rings (SSSR count). The molecule has 0 radical (unpaired) electrons. The maximum Gasteiger partial charge on any atom is 0.329 e. The van der Waals surface area contributed by atoms with Crippen molar-refractivity contribution in [1.29, 1.82) is 0 Å². The van der Waals surface area contributed by atoms with E-state index in [0.29, 0.717) is 6.61 Å². The van der Waals surface area contributed by atoms with Gasteiger partial charge in [0.2, 0.25) is 0 Å². The molecule has 3 N–H and O–H groups in total. The number of methoxy groups -OCH3 is 1. The molecule has 8 nitrogen and oxygen atoms in total. The lowest BCUT2D eigenvalue weighted by molar-refractivity contribution is -0.141. The highest BCUT2D eigenvalue weighted by molar-refractivity contribution is 5.80. The molecule has 0 fully saturated rings. The van der Waals surface area contributed by atoms with Gasteiger partial charge in [0.15, 0.2) is 0 Å². The first-order valence-electron chi connectivity index (χ1n) is 7.10. The first-order valence-corrected chi connectivity index (χ1v) is 7.10. The fourth-order valence-corrected chi connectivity index (χ4v) is 0.444. The van der Waals surface area contributed by atoms with Gasteiger partial charge in [0.05, 0.1) is 26.4 Å². The van der Waals surface area contributed by atoms with Crippen LogP contribution in [-0.4, -0.2) is 59.7 Å². The summed E-state index contributed by atoms with van der Waals surface area (Å²) in [5, 5.41) is 23.6. The van der Waals surface area contributed by atoms with Crippen molar-refractivity contribution in [2.75, 3.05) is 20.3 Å². The summed E-state index contributed by atoms with van der Waals surface area (Å²) in [6.07, 6.45) is 3.43. The van der Waals surface area contributed by atoms with Crippen molar-refractivity contribution in [3.63, 3.8) is 0 Å². The topological polar surface area (TPSA) is 130 Å². The van der Waals surface area contributed by atoms with Gasteiger partial charge in [-0.25, -0.2) is 9.59 Å². The van der Waals surface area contributed by atoms with Gasteiger partial charge in [0.1, 0.15) is 0 Å². The SMILES string of the molecule is C=CC(=O)O.C=CC(=O)OC.CC(O)CO.CCCCOC(C)=O. The van der Waals surface area contributed by atoms with Gasteiger partial charge in [-0.1, -0.05) is 26.5 Å². The molecule has 0 aromatic rings. The van der Waals surface area contributed by atoms with Crippen LogP contribution in [0, 0.1) is 0 Å². The van der Waals surface area contributed by atoms with E-state index in [1.165, 1.54) is 21.0 Å². The van der Waals surface area contributed by atoms with Crippen LogP contribution in [-0.2, 0) is 23.9 Å². The van der Waals surface area contributed by atoms with Crippen LogP contribution in [0.1, 0.15) is 33.6 Å². The molecule has 1 unspecified atom stereocenters. The number of aliphatic hydroxyl groups is 2. The zero-order chi connectivity index (χ0) is 20.0. The van der Waals surface area contributed by atoms with E-state index < -0.39 is 18.0 Å². The minimum absolute atomic E-state index is 0.139. The number of esters is 2. The molecule has 0 aromatic heterocycles. The van der Waals surface area contributed by atoms with Crippen molar-refractivity contribution in [2.45, 2.75) is 39.7 Å². The first kappa shape index (κ1) is 29.8. The highest BCUT2D eigenvalue weighted by atomic mass is 16.5. The molecular weight excluding hydrogens is 320 g/mol. The Balaban J connectivity index is -0.000000114. The molecule has 0 saturated carbocycles. The van der Waals surface area contributed by atoms with Crippen molar-refractivity contribution in [1.82, 2.24) is 0 Å².